The molecule has 3 nitrogen and oxygen atoms in total. The third kappa shape index (κ3) is 3.51. The van der Waals surface area contributed by atoms with E-state index < -0.39 is 15.8 Å². The van der Waals surface area contributed by atoms with E-state index in [0.29, 0.717) is 4.47 Å². The number of halogens is 4. The highest BCUT2D eigenvalue weighted by Crippen LogP contribution is 2.34. The Hall–Kier alpha value is -0.820. The molecule has 0 bridgehead atoms. The van der Waals surface area contributed by atoms with Crippen LogP contribution in [0, 0.1) is 12.7 Å². The van der Waals surface area contributed by atoms with Gasteiger partial charge in [0.1, 0.15) is 10.7 Å². The molecule has 0 spiro atoms. The van der Waals surface area contributed by atoms with Gasteiger partial charge in [0, 0.05) is 10.0 Å². The molecule has 0 heterocycles. The molecule has 0 radical (unpaired) electrons. The number of sulfonamides is 1. The van der Waals surface area contributed by atoms with Gasteiger partial charge in [0.2, 0.25) is 0 Å². The second-order valence-corrected chi connectivity index (χ2v) is 7.57. The zero-order valence-corrected chi connectivity index (χ0v) is 14.5. The molecule has 0 aromatic heterocycles. The van der Waals surface area contributed by atoms with E-state index in [0.717, 1.165) is 0 Å². The molecule has 0 unspecified atom stereocenters. The fourth-order valence-corrected chi connectivity index (χ4v) is 4.76. The van der Waals surface area contributed by atoms with Crippen molar-refractivity contribution in [2.24, 2.45) is 0 Å². The molecule has 8 heteroatoms. The number of anilines is 1. The largest absolute Gasteiger partial charge is 0.279 e. The number of nitrogens with one attached hydrogen (secondary N) is 1. The van der Waals surface area contributed by atoms with E-state index in [1.807, 2.05) is 0 Å². The Bertz CT molecular complexity index is 789. The van der Waals surface area contributed by atoms with Crippen LogP contribution in [0.25, 0.3) is 0 Å². The minimum Gasteiger partial charge on any atom is -0.279 e. The summed E-state index contributed by atoms with van der Waals surface area (Å²) in [5.74, 6) is -0.511. The smallest absolute Gasteiger partial charge is 0.264 e. The van der Waals surface area contributed by atoms with E-state index in [1.165, 1.54) is 37.3 Å². The van der Waals surface area contributed by atoms with Gasteiger partial charge in [0.15, 0.2) is 0 Å². The van der Waals surface area contributed by atoms with Crippen LogP contribution in [0.3, 0.4) is 0 Å². The minimum absolute atomic E-state index is 0.0315. The van der Waals surface area contributed by atoms with Crippen LogP contribution in [0.2, 0.25) is 10.0 Å². The Morgan fingerprint density at radius 2 is 1.76 bits per heavy atom. The van der Waals surface area contributed by atoms with Crippen LogP contribution in [0.15, 0.2) is 39.7 Å². The van der Waals surface area contributed by atoms with Crippen molar-refractivity contribution in [1.82, 2.24) is 0 Å². The summed E-state index contributed by atoms with van der Waals surface area (Å²) in [5.41, 5.74) is 0.315. The Kier molecular flexibility index (Phi) is 4.82. The van der Waals surface area contributed by atoms with Crippen molar-refractivity contribution >= 4 is 54.8 Å². The van der Waals surface area contributed by atoms with Crippen LogP contribution >= 0.6 is 39.1 Å². The van der Waals surface area contributed by atoms with Crippen LogP contribution in [0.1, 0.15) is 5.56 Å². The lowest BCUT2D eigenvalue weighted by Gasteiger charge is -2.13. The van der Waals surface area contributed by atoms with E-state index in [-0.39, 0.29) is 26.2 Å². The predicted octanol–water partition coefficient (Wildman–Crippen LogP) is 5.00. The Morgan fingerprint density at radius 1 is 1.19 bits per heavy atom. The van der Waals surface area contributed by atoms with Crippen LogP contribution in [-0.4, -0.2) is 8.42 Å². The average Bonchev–Trinajstić information content (AvgIpc) is 2.33. The van der Waals surface area contributed by atoms with Crippen molar-refractivity contribution in [3.05, 3.63) is 56.2 Å². The summed E-state index contributed by atoms with van der Waals surface area (Å²) >= 11 is 15.1. The van der Waals surface area contributed by atoms with Gasteiger partial charge in [0.25, 0.3) is 10.0 Å². The van der Waals surface area contributed by atoms with Gasteiger partial charge in [-0.05, 0) is 31.2 Å². The number of hydrogen-bond donors (Lipinski definition) is 1. The summed E-state index contributed by atoms with van der Waals surface area (Å²) in [5, 5.41) is -0.0631. The van der Waals surface area contributed by atoms with Crippen molar-refractivity contribution in [3.63, 3.8) is 0 Å². The standard InChI is InChI=1S/C13H9BrCl2FNO2S/c1-7-11(17)3-2-4-12(7)18-21(19,20)13-9(15)5-8(14)6-10(13)16/h2-6,18H,1H3. The molecule has 1 N–H and O–H groups in total. The van der Waals surface area contributed by atoms with E-state index >= 15 is 0 Å². The second-order valence-electron chi connectivity index (χ2n) is 4.22. The monoisotopic (exact) mass is 411 g/mol. The molecule has 0 saturated heterocycles. The third-order valence-electron chi connectivity index (χ3n) is 2.74. The Labute approximate surface area is 140 Å². The number of hydrogen-bond acceptors (Lipinski definition) is 2. The van der Waals surface area contributed by atoms with E-state index in [1.54, 1.807) is 0 Å². The molecule has 112 valence electrons. The van der Waals surface area contributed by atoms with Crippen LogP contribution in [0.5, 0.6) is 0 Å². The number of benzene rings is 2. The van der Waals surface area contributed by atoms with Gasteiger partial charge >= 0.3 is 0 Å². The summed E-state index contributed by atoms with van der Waals surface area (Å²) in [6.07, 6.45) is 0. The fraction of sp³-hybridized carbons (Fsp3) is 0.0769. The zero-order valence-electron chi connectivity index (χ0n) is 10.6. The number of rotatable bonds is 3. The molecule has 0 aliphatic carbocycles. The van der Waals surface area contributed by atoms with E-state index in [9.17, 15) is 12.8 Å². The molecule has 2 aromatic carbocycles. The summed E-state index contributed by atoms with van der Waals surface area (Å²) in [4.78, 5) is -0.252. The van der Waals surface area contributed by atoms with Crippen LogP contribution in [-0.2, 0) is 10.0 Å². The molecular weight excluding hydrogens is 404 g/mol. The molecule has 0 atom stereocenters. The quantitative estimate of drug-likeness (QED) is 0.770. The first kappa shape index (κ1) is 16.5. The van der Waals surface area contributed by atoms with Gasteiger partial charge in [-0.1, -0.05) is 45.2 Å². The Morgan fingerprint density at radius 3 is 2.33 bits per heavy atom. The van der Waals surface area contributed by atoms with Gasteiger partial charge in [0.05, 0.1) is 15.7 Å². The topological polar surface area (TPSA) is 46.2 Å². The van der Waals surface area contributed by atoms with Crippen LogP contribution < -0.4 is 4.72 Å². The van der Waals surface area contributed by atoms with Gasteiger partial charge in [-0.3, -0.25) is 4.72 Å². The van der Waals surface area contributed by atoms with Gasteiger partial charge in [-0.25, -0.2) is 12.8 Å². The van der Waals surface area contributed by atoms with E-state index in [4.69, 9.17) is 23.2 Å². The molecule has 0 aliphatic rings. The van der Waals surface area contributed by atoms with Gasteiger partial charge in [-0.2, -0.15) is 0 Å². The van der Waals surface area contributed by atoms with E-state index in [2.05, 4.69) is 20.7 Å². The Balaban J connectivity index is 2.51. The maximum Gasteiger partial charge on any atom is 0.264 e. The second kappa shape index (κ2) is 6.12. The van der Waals surface area contributed by atoms with Crippen LogP contribution in [0.4, 0.5) is 10.1 Å². The van der Waals surface area contributed by atoms with Crippen molar-refractivity contribution in [2.75, 3.05) is 4.72 Å². The molecule has 21 heavy (non-hydrogen) atoms. The molecule has 2 aromatic rings. The van der Waals surface area contributed by atoms with Crippen molar-refractivity contribution in [1.29, 1.82) is 0 Å². The molecular formula is C13H9BrCl2FNO2S. The lowest BCUT2D eigenvalue weighted by Crippen LogP contribution is -2.15. The first-order valence-electron chi connectivity index (χ1n) is 5.65. The summed E-state index contributed by atoms with van der Waals surface area (Å²) in [7, 11) is -4.03. The van der Waals surface area contributed by atoms with Crippen molar-refractivity contribution in [3.8, 4) is 0 Å². The predicted molar refractivity (Wildman–Crippen MR) is 86.1 cm³/mol. The zero-order chi connectivity index (χ0) is 15.8. The SMILES string of the molecule is Cc1c(F)cccc1NS(=O)(=O)c1c(Cl)cc(Br)cc1Cl. The van der Waals surface area contributed by atoms with Crippen molar-refractivity contribution in [2.45, 2.75) is 11.8 Å². The molecule has 2 rings (SSSR count). The lowest BCUT2D eigenvalue weighted by atomic mass is 10.2. The fourth-order valence-electron chi connectivity index (χ4n) is 1.70. The normalized spacial score (nSPS) is 11.5. The highest BCUT2D eigenvalue weighted by atomic mass is 79.9. The molecule has 0 saturated carbocycles. The average molecular weight is 413 g/mol. The molecule has 0 fully saturated rings. The first-order valence-corrected chi connectivity index (χ1v) is 8.68. The summed E-state index contributed by atoms with van der Waals surface area (Å²) < 4.78 is 41.1. The van der Waals surface area contributed by atoms with Gasteiger partial charge < -0.3 is 0 Å². The van der Waals surface area contributed by atoms with Gasteiger partial charge in [-0.15, -0.1) is 0 Å². The lowest BCUT2D eigenvalue weighted by molar-refractivity contribution is 0.601. The highest BCUT2D eigenvalue weighted by molar-refractivity contribution is 9.10. The first-order chi connectivity index (χ1) is 9.72. The molecule has 0 aliphatic heterocycles. The summed E-state index contributed by atoms with van der Waals surface area (Å²) in [6.45, 7) is 1.47. The maximum atomic E-state index is 13.5. The minimum atomic E-state index is -4.03. The molecule has 0 amide bonds. The summed E-state index contributed by atoms with van der Waals surface area (Å²) in [6, 6.07) is 6.94. The van der Waals surface area contributed by atoms with Crippen molar-refractivity contribution < 1.29 is 12.8 Å². The highest BCUT2D eigenvalue weighted by Gasteiger charge is 2.23. The maximum absolute atomic E-state index is 13.5. The third-order valence-corrected chi connectivity index (χ3v) is 5.49.